The first kappa shape index (κ1) is 13.4. The van der Waals surface area contributed by atoms with Gasteiger partial charge in [0.2, 0.25) is 12.0 Å². The maximum absolute atomic E-state index is 5.78. The monoisotopic (exact) mass is 292 g/mol. The lowest BCUT2D eigenvalue weighted by Crippen LogP contribution is -2.40. The quantitative estimate of drug-likeness (QED) is 0.692. The van der Waals surface area contributed by atoms with Crippen molar-refractivity contribution in [3.05, 3.63) is 78.1 Å². The summed E-state index contributed by atoms with van der Waals surface area (Å²) in [4.78, 5) is 0. The molecule has 0 spiro atoms. The van der Waals surface area contributed by atoms with Crippen LogP contribution in [-0.4, -0.2) is 13.2 Å². The summed E-state index contributed by atoms with van der Waals surface area (Å²) in [5, 5.41) is 2.40. The van der Waals surface area contributed by atoms with Gasteiger partial charge in [-0.3, -0.25) is 0 Å². The van der Waals surface area contributed by atoms with Crippen molar-refractivity contribution in [2.45, 2.75) is 12.8 Å². The zero-order valence-corrected chi connectivity index (χ0v) is 12.3. The largest absolute Gasteiger partial charge is 0.341 e. The Morgan fingerprint density at radius 3 is 2.41 bits per heavy atom. The van der Waals surface area contributed by atoms with Crippen LogP contribution in [0.5, 0.6) is 0 Å². The van der Waals surface area contributed by atoms with Crippen molar-refractivity contribution in [3.63, 3.8) is 0 Å². The van der Waals surface area contributed by atoms with Crippen LogP contribution in [0.25, 0.3) is 10.8 Å². The van der Waals surface area contributed by atoms with Gasteiger partial charge in [0.05, 0.1) is 18.6 Å². The molecule has 3 heteroatoms. The van der Waals surface area contributed by atoms with Crippen molar-refractivity contribution < 1.29 is 14.0 Å². The fraction of sp³-hybridized carbons (Fsp3) is 0.211. The third kappa shape index (κ3) is 2.49. The first-order valence-corrected chi connectivity index (χ1v) is 7.60. The number of rotatable bonds is 3. The molecule has 0 bridgehead atoms. The highest BCUT2D eigenvalue weighted by atomic mass is 16.7. The van der Waals surface area contributed by atoms with Crippen molar-refractivity contribution >= 4 is 10.8 Å². The maximum Gasteiger partial charge on any atom is 0.246 e. The summed E-state index contributed by atoms with van der Waals surface area (Å²) in [5.41, 5.74) is 2.36. The smallest absolute Gasteiger partial charge is 0.246 e. The molecule has 3 nitrogen and oxygen atoms in total. The minimum atomic E-state index is -0.283. The highest BCUT2D eigenvalue weighted by Crippen LogP contribution is 2.27. The molecule has 1 aliphatic heterocycles. The summed E-state index contributed by atoms with van der Waals surface area (Å²) >= 11 is 0. The highest BCUT2D eigenvalue weighted by molar-refractivity contribution is 5.83. The molecule has 2 heterocycles. The molecule has 0 amide bonds. The van der Waals surface area contributed by atoms with Crippen molar-refractivity contribution in [2.75, 3.05) is 13.2 Å². The van der Waals surface area contributed by atoms with E-state index in [2.05, 4.69) is 65.4 Å². The van der Waals surface area contributed by atoms with Crippen LogP contribution in [0, 0.1) is 0 Å². The molecular weight excluding hydrogens is 274 g/mol. The van der Waals surface area contributed by atoms with Crippen LogP contribution >= 0.6 is 0 Å². The number of ether oxygens (including phenoxy) is 2. The van der Waals surface area contributed by atoms with E-state index in [9.17, 15) is 0 Å². The summed E-state index contributed by atoms with van der Waals surface area (Å²) in [6.45, 7) is 2.11. The fourth-order valence-corrected chi connectivity index (χ4v) is 2.98. The molecule has 1 saturated heterocycles. The number of benzene rings is 2. The van der Waals surface area contributed by atoms with Crippen LogP contribution in [0.15, 0.2) is 66.9 Å². The van der Waals surface area contributed by atoms with Crippen molar-refractivity contribution in [1.82, 2.24) is 0 Å². The molecule has 0 unspecified atom stereocenters. The predicted octanol–water partition coefficient (Wildman–Crippen LogP) is 3.22. The van der Waals surface area contributed by atoms with E-state index >= 15 is 0 Å². The fourth-order valence-electron chi connectivity index (χ4n) is 2.98. The van der Waals surface area contributed by atoms with E-state index < -0.39 is 0 Å². The van der Waals surface area contributed by atoms with Gasteiger partial charge in [-0.15, -0.1) is 0 Å². The van der Waals surface area contributed by atoms with Crippen LogP contribution < -0.4 is 4.57 Å². The SMILES string of the molecule is c1ccc(C[n+]2ccc3ccccc3c2C2OCCO2)cc1. The summed E-state index contributed by atoms with van der Waals surface area (Å²) in [6.07, 6.45) is 1.84. The molecule has 1 aliphatic rings. The van der Waals surface area contributed by atoms with E-state index in [0.29, 0.717) is 13.2 Å². The van der Waals surface area contributed by atoms with E-state index in [1.165, 1.54) is 16.3 Å². The molecule has 3 aromatic rings. The molecule has 4 rings (SSSR count). The van der Waals surface area contributed by atoms with Crippen molar-refractivity contribution in [2.24, 2.45) is 0 Å². The molecule has 0 aliphatic carbocycles. The molecule has 0 radical (unpaired) electrons. The van der Waals surface area contributed by atoms with E-state index in [4.69, 9.17) is 9.47 Å². The minimum absolute atomic E-state index is 0.283. The van der Waals surface area contributed by atoms with Gasteiger partial charge >= 0.3 is 0 Å². The number of nitrogens with zero attached hydrogens (tertiary/aromatic N) is 1. The first-order valence-electron chi connectivity index (χ1n) is 7.60. The predicted molar refractivity (Wildman–Crippen MR) is 84.3 cm³/mol. The Balaban J connectivity index is 1.84. The minimum Gasteiger partial charge on any atom is -0.341 e. The Hall–Kier alpha value is -2.23. The molecule has 0 saturated carbocycles. The molecule has 1 fully saturated rings. The van der Waals surface area contributed by atoms with Gasteiger partial charge in [0.25, 0.3) is 0 Å². The maximum atomic E-state index is 5.78. The Morgan fingerprint density at radius 2 is 1.59 bits per heavy atom. The van der Waals surface area contributed by atoms with Gasteiger partial charge in [-0.05, 0) is 11.5 Å². The Morgan fingerprint density at radius 1 is 0.864 bits per heavy atom. The number of hydrogen-bond acceptors (Lipinski definition) is 2. The van der Waals surface area contributed by atoms with Crippen LogP contribution in [-0.2, 0) is 16.0 Å². The van der Waals surface area contributed by atoms with Gasteiger partial charge in [-0.2, -0.15) is 4.57 Å². The van der Waals surface area contributed by atoms with Gasteiger partial charge in [0.1, 0.15) is 0 Å². The van der Waals surface area contributed by atoms with Crippen LogP contribution in [0.2, 0.25) is 0 Å². The van der Waals surface area contributed by atoms with Gasteiger partial charge < -0.3 is 9.47 Å². The Kier molecular flexibility index (Phi) is 3.59. The van der Waals surface area contributed by atoms with E-state index in [1.54, 1.807) is 0 Å². The Labute approximate surface area is 129 Å². The van der Waals surface area contributed by atoms with Crippen molar-refractivity contribution in [3.8, 4) is 0 Å². The second-order valence-corrected chi connectivity index (χ2v) is 5.48. The first-order chi connectivity index (χ1) is 10.9. The standard InChI is InChI=1S/C19H18NO2/c1-2-6-15(7-3-1)14-20-11-10-16-8-4-5-9-17(16)18(20)19-21-12-13-22-19/h1-11,19H,12-14H2/q+1. The normalized spacial score (nSPS) is 15.5. The lowest BCUT2D eigenvalue weighted by Gasteiger charge is -2.12. The van der Waals surface area contributed by atoms with Crippen LogP contribution in [0.4, 0.5) is 0 Å². The molecule has 0 N–H and O–H groups in total. The van der Waals surface area contributed by atoms with E-state index in [0.717, 1.165) is 12.2 Å². The lowest BCUT2D eigenvalue weighted by atomic mass is 10.1. The average Bonchev–Trinajstić information content (AvgIpc) is 3.10. The van der Waals surface area contributed by atoms with E-state index in [1.807, 2.05) is 6.07 Å². The highest BCUT2D eigenvalue weighted by Gasteiger charge is 2.30. The molecule has 0 atom stereocenters. The van der Waals surface area contributed by atoms with Crippen LogP contribution in [0.1, 0.15) is 17.5 Å². The summed E-state index contributed by atoms with van der Waals surface area (Å²) < 4.78 is 13.8. The second-order valence-electron chi connectivity index (χ2n) is 5.48. The molecular formula is C19H18NO2+. The lowest BCUT2D eigenvalue weighted by molar-refractivity contribution is -0.700. The second kappa shape index (κ2) is 5.87. The summed E-state index contributed by atoms with van der Waals surface area (Å²) in [5.74, 6) is 0. The third-order valence-corrected chi connectivity index (χ3v) is 4.02. The average molecular weight is 292 g/mol. The van der Waals surface area contributed by atoms with E-state index in [-0.39, 0.29) is 6.29 Å². The molecule has 22 heavy (non-hydrogen) atoms. The molecule has 110 valence electrons. The van der Waals surface area contributed by atoms with Gasteiger partial charge in [-0.1, -0.05) is 48.5 Å². The number of pyridine rings is 1. The topological polar surface area (TPSA) is 22.3 Å². The molecule has 2 aromatic carbocycles. The number of fused-ring (bicyclic) bond motifs is 1. The Bertz CT molecular complexity index is 780. The van der Waals surface area contributed by atoms with Gasteiger partial charge in [-0.25, -0.2) is 0 Å². The zero-order chi connectivity index (χ0) is 14.8. The van der Waals surface area contributed by atoms with Gasteiger partial charge in [0.15, 0.2) is 12.7 Å². The summed E-state index contributed by atoms with van der Waals surface area (Å²) in [7, 11) is 0. The molecule has 1 aromatic heterocycles. The number of aromatic nitrogens is 1. The number of hydrogen-bond donors (Lipinski definition) is 0. The van der Waals surface area contributed by atoms with Crippen molar-refractivity contribution in [1.29, 1.82) is 0 Å². The zero-order valence-electron chi connectivity index (χ0n) is 12.3. The van der Waals surface area contributed by atoms with Crippen LogP contribution in [0.3, 0.4) is 0 Å². The summed E-state index contributed by atoms with van der Waals surface area (Å²) in [6, 6.07) is 21.0. The van der Waals surface area contributed by atoms with Gasteiger partial charge in [0, 0.05) is 11.6 Å². The third-order valence-electron chi connectivity index (χ3n) is 4.02.